The number of hydrogen-bond donors (Lipinski definition) is 1. The molecule has 0 aliphatic heterocycles. The van der Waals surface area contributed by atoms with E-state index in [-0.39, 0.29) is 5.91 Å². The second-order valence-corrected chi connectivity index (χ2v) is 5.22. The third-order valence-electron chi connectivity index (χ3n) is 2.86. The van der Waals surface area contributed by atoms with Crippen molar-refractivity contribution in [3.05, 3.63) is 63.6 Å². The number of amides is 1. The Bertz CT molecular complexity index is 644. The predicted octanol–water partition coefficient (Wildman–Crippen LogP) is 4.32. The molecule has 110 valence electrons. The molecule has 2 aromatic carbocycles. The van der Waals surface area contributed by atoms with Crippen molar-refractivity contribution in [2.45, 2.75) is 13.5 Å². The van der Waals surface area contributed by atoms with Crippen LogP contribution in [-0.2, 0) is 6.54 Å². The summed E-state index contributed by atoms with van der Waals surface area (Å²) in [5.41, 5.74) is 1.36. The van der Waals surface area contributed by atoms with Gasteiger partial charge in [0.05, 0.1) is 6.61 Å². The van der Waals surface area contributed by atoms with Crippen LogP contribution in [0.2, 0.25) is 10.0 Å². The third kappa shape index (κ3) is 4.38. The highest BCUT2D eigenvalue weighted by molar-refractivity contribution is 6.35. The topological polar surface area (TPSA) is 38.3 Å². The van der Waals surface area contributed by atoms with Gasteiger partial charge in [0.2, 0.25) is 0 Å². The zero-order valence-corrected chi connectivity index (χ0v) is 13.0. The van der Waals surface area contributed by atoms with Crippen LogP contribution in [0.25, 0.3) is 0 Å². The minimum absolute atomic E-state index is 0.178. The standard InChI is InChI=1S/C16H15Cl2NO2/c1-2-21-14-5-3-4-11(8-14)16(20)19-10-12-6-7-13(17)9-15(12)18/h3-9H,2,10H2,1H3,(H,19,20). The first-order valence-electron chi connectivity index (χ1n) is 6.55. The fourth-order valence-corrected chi connectivity index (χ4v) is 2.31. The van der Waals surface area contributed by atoms with Gasteiger partial charge < -0.3 is 10.1 Å². The molecule has 3 nitrogen and oxygen atoms in total. The van der Waals surface area contributed by atoms with Crippen LogP contribution in [0.3, 0.4) is 0 Å². The molecule has 0 radical (unpaired) electrons. The van der Waals surface area contributed by atoms with Crippen molar-refractivity contribution in [1.29, 1.82) is 0 Å². The fraction of sp³-hybridized carbons (Fsp3) is 0.188. The SMILES string of the molecule is CCOc1cccc(C(=O)NCc2ccc(Cl)cc2Cl)c1. The van der Waals surface area contributed by atoms with E-state index in [9.17, 15) is 4.79 Å². The smallest absolute Gasteiger partial charge is 0.251 e. The van der Waals surface area contributed by atoms with Gasteiger partial charge >= 0.3 is 0 Å². The van der Waals surface area contributed by atoms with Crippen LogP contribution in [0.15, 0.2) is 42.5 Å². The van der Waals surface area contributed by atoms with Gasteiger partial charge in [-0.25, -0.2) is 0 Å². The van der Waals surface area contributed by atoms with Gasteiger partial charge in [-0.1, -0.05) is 35.3 Å². The van der Waals surface area contributed by atoms with Gasteiger partial charge in [0.25, 0.3) is 5.91 Å². The van der Waals surface area contributed by atoms with Crippen LogP contribution in [-0.4, -0.2) is 12.5 Å². The van der Waals surface area contributed by atoms with Gasteiger partial charge in [-0.15, -0.1) is 0 Å². The Balaban J connectivity index is 2.02. The molecule has 2 rings (SSSR count). The fourth-order valence-electron chi connectivity index (χ4n) is 1.84. The third-order valence-corrected chi connectivity index (χ3v) is 3.45. The van der Waals surface area contributed by atoms with Crippen LogP contribution in [0.5, 0.6) is 5.75 Å². The number of carbonyl (C=O) groups is 1. The predicted molar refractivity (Wildman–Crippen MR) is 85.2 cm³/mol. The van der Waals surface area contributed by atoms with Gasteiger partial charge in [-0.2, -0.15) is 0 Å². The first kappa shape index (κ1) is 15.7. The number of halogens is 2. The van der Waals surface area contributed by atoms with Crippen molar-refractivity contribution < 1.29 is 9.53 Å². The van der Waals surface area contributed by atoms with E-state index < -0.39 is 0 Å². The molecular formula is C16H15Cl2NO2. The van der Waals surface area contributed by atoms with Crippen molar-refractivity contribution in [2.75, 3.05) is 6.61 Å². The van der Waals surface area contributed by atoms with E-state index in [1.54, 1.807) is 36.4 Å². The maximum atomic E-state index is 12.1. The largest absolute Gasteiger partial charge is 0.494 e. The first-order chi connectivity index (χ1) is 10.1. The second-order valence-electron chi connectivity index (χ2n) is 4.38. The molecule has 0 bridgehead atoms. The Labute approximate surface area is 133 Å². The summed E-state index contributed by atoms with van der Waals surface area (Å²) in [6.45, 7) is 2.80. The molecule has 1 amide bonds. The lowest BCUT2D eigenvalue weighted by Gasteiger charge is -2.09. The Morgan fingerprint density at radius 1 is 1.19 bits per heavy atom. The first-order valence-corrected chi connectivity index (χ1v) is 7.30. The summed E-state index contributed by atoms with van der Waals surface area (Å²) < 4.78 is 5.38. The number of carbonyl (C=O) groups excluding carboxylic acids is 1. The minimum Gasteiger partial charge on any atom is -0.494 e. The molecule has 0 aliphatic rings. The minimum atomic E-state index is -0.178. The van der Waals surface area contributed by atoms with Crippen LogP contribution in [0.4, 0.5) is 0 Å². The van der Waals surface area contributed by atoms with Crippen molar-refractivity contribution in [3.8, 4) is 5.75 Å². The number of ether oxygens (including phenoxy) is 1. The van der Waals surface area contributed by atoms with Crippen molar-refractivity contribution in [1.82, 2.24) is 5.32 Å². The number of nitrogens with one attached hydrogen (secondary N) is 1. The molecule has 1 N–H and O–H groups in total. The van der Waals surface area contributed by atoms with E-state index in [1.807, 2.05) is 13.0 Å². The van der Waals surface area contributed by atoms with Crippen LogP contribution in [0, 0.1) is 0 Å². The lowest BCUT2D eigenvalue weighted by Crippen LogP contribution is -2.22. The van der Waals surface area contributed by atoms with Crippen LogP contribution < -0.4 is 10.1 Å². The Kier molecular flexibility index (Phi) is 5.48. The maximum absolute atomic E-state index is 12.1. The van der Waals surface area contributed by atoms with Crippen LogP contribution in [0.1, 0.15) is 22.8 Å². The highest BCUT2D eigenvalue weighted by atomic mass is 35.5. The number of hydrogen-bond acceptors (Lipinski definition) is 2. The van der Waals surface area contributed by atoms with Gasteiger partial charge in [0.1, 0.15) is 5.75 Å². The van der Waals surface area contributed by atoms with E-state index in [0.717, 1.165) is 5.56 Å². The van der Waals surface area contributed by atoms with E-state index in [1.165, 1.54) is 0 Å². The highest BCUT2D eigenvalue weighted by Gasteiger charge is 2.08. The molecule has 21 heavy (non-hydrogen) atoms. The summed E-state index contributed by atoms with van der Waals surface area (Å²) in [5, 5.41) is 3.93. The van der Waals surface area contributed by atoms with Gasteiger partial charge in [0, 0.05) is 22.2 Å². The maximum Gasteiger partial charge on any atom is 0.251 e. The number of rotatable bonds is 5. The monoisotopic (exact) mass is 323 g/mol. The summed E-state index contributed by atoms with van der Waals surface area (Å²) in [7, 11) is 0. The molecule has 0 atom stereocenters. The van der Waals surface area contributed by atoms with E-state index >= 15 is 0 Å². The van der Waals surface area contributed by atoms with Gasteiger partial charge in [0.15, 0.2) is 0 Å². The molecular weight excluding hydrogens is 309 g/mol. The summed E-state index contributed by atoms with van der Waals surface area (Å²) in [6.07, 6.45) is 0. The molecule has 0 aromatic heterocycles. The molecule has 0 saturated heterocycles. The molecule has 2 aromatic rings. The average molecular weight is 324 g/mol. The summed E-state index contributed by atoms with van der Waals surface area (Å²) in [6, 6.07) is 12.2. The summed E-state index contributed by atoms with van der Waals surface area (Å²) in [4.78, 5) is 12.1. The molecule has 0 fully saturated rings. The Morgan fingerprint density at radius 3 is 2.71 bits per heavy atom. The Hall–Kier alpha value is -1.71. The molecule has 0 unspecified atom stereocenters. The number of benzene rings is 2. The van der Waals surface area contributed by atoms with Crippen molar-refractivity contribution in [2.24, 2.45) is 0 Å². The van der Waals surface area contributed by atoms with E-state index in [2.05, 4.69) is 5.32 Å². The molecule has 5 heteroatoms. The van der Waals surface area contributed by atoms with E-state index in [0.29, 0.717) is 34.5 Å². The Morgan fingerprint density at radius 2 is 2.00 bits per heavy atom. The second kappa shape index (κ2) is 7.34. The van der Waals surface area contributed by atoms with Crippen molar-refractivity contribution >= 4 is 29.1 Å². The van der Waals surface area contributed by atoms with Crippen molar-refractivity contribution in [3.63, 3.8) is 0 Å². The zero-order chi connectivity index (χ0) is 15.2. The normalized spacial score (nSPS) is 10.2. The highest BCUT2D eigenvalue weighted by Crippen LogP contribution is 2.21. The molecule has 0 aliphatic carbocycles. The van der Waals surface area contributed by atoms with Gasteiger partial charge in [-0.05, 0) is 42.8 Å². The quantitative estimate of drug-likeness (QED) is 0.889. The lowest BCUT2D eigenvalue weighted by atomic mass is 10.2. The van der Waals surface area contributed by atoms with Gasteiger partial charge in [-0.3, -0.25) is 4.79 Å². The lowest BCUT2D eigenvalue weighted by molar-refractivity contribution is 0.0950. The zero-order valence-electron chi connectivity index (χ0n) is 11.5. The van der Waals surface area contributed by atoms with E-state index in [4.69, 9.17) is 27.9 Å². The average Bonchev–Trinajstić information content (AvgIpc) is 2.47. The summed E-state index contributed by atoms with van der Waals surface area (Å²) >= 11 is 11.9. The molecule has 0 saturated carbocycles. The molecule has 0 heterocycles. The summed E-state index contributed by atoms with van der Waals surface area (Å²) in [5.74, 6) is 0.497. The van der Waals surface area contributed by atoms with Crippen LogP contribution >= 0.6 is 23.2 Å². The molecule has 0 spiro atoms.